The lowest BCUT2D eigenvalue weighted by Crippen LogP contribution is -2.13. The van der Waals surface area contributed by atoms with Crippen LogP contribution in [0.5, 0.6) is 0 Å². The summed E-state index contributed by atoms with van der Waals surface area (Å²) in [6.07, 6.45) is 0. The summed E-state index contributed by atoms with van der Waals surface area (Å²) in [6, 6.07) is 9.90. The minimum absolute atomic E-state index is 0.189. The zero-order valence-electron chi connectivity index (χ0n) is 10.4. The molecule has 18 heavy (non-hydrogen) atoms. The van der Waals surface area contributed by atoms with Crippen molar-refractivity contribution in [3.05, 3.63) is 51.8 Å². The van der Waals surface area contributed by atoms with Gasteiger partial charge in [0.25, 0.3) is 5.56 Å². The van der Waals surface area contributed by atoms with Gasteiger partial charge in [-0.15, -0.1) is 11.6 Å². The zero-order valence-corrected chi connectivity index (χ0v) is 11.2. The first-order valence-electron chi connectivity index (χ1n) is 5.86. The van der Waals surface area contributed by atoms with E-state index in [1.807, 2.05) is 12.1 Å². The van der Waals surface area contributed by atoms with E-state index >= 15 is 0 Å². The highest BCUT2D eigenvalue weighted by molar-refractivity contribution is 6.17. The number of hydrogen-bond donors (Lipinski definition) is 1. The van der Waals surface area contributed by atoms with Gasteiger partial charge >= 0.3 is 0 Å². The van der Waals surface area contributed by atoms with Crippen LogP contribution in [0.1, 0.15) is 30.9 Å². The Bertz CT molecular complexity index is 587. The first-order chi connectivity index (χ1) is 8.61. The number of nitrogens with one attached hydrogen (secondary N) is 1. The molecule has 2 aromatic rings. The van der Waals surface area contributed by atoms with E-state index in [4.69, 9.17) is 11.6 Å². The number of nitrogens with zero attached hydrogens (tertiary/aromatic N) is 1. The van der Waals surface area contributed by atoms with Crippen molar-refractivity contribution in [2.45, 2.75) is 25.6 Å². The van der Waals surface area contributed by atoms with Gasteiger partial charge in [-0.1, -0.05) is 38.1 Å². The van der Waals surface area contributed by atoms with E-state index in [0.717, 1.165) is 11.3 Å². The molecule has 1 heterocycles. The molecule has 94 valence electrons. The SMILES string of the molecule is CC(C)c1ccc(-c2cc(CCl)c(=O)[nH]n2)cc1. The number of rotatable bonds is 3. The van der Waals surface area contributed by atoms with Crippen molar-refractivity contribution in [1.29, 1.82) is 0 Å². The number of hydrogen-bond acceptors (Lipinski definition) is 2. The molecule has 0 saturated heterocycles. The lowest BCUT2D eigenvalue weighted by Gasteiger charge is -2.06. The molecule has 1 N–H and O–H groups in total. The molecule has 0 fully saturated rings. The van der Waals surface area contributed by atoms with E-state index in [0.29, 0.717) is 11.5 Å². The number of alkyl halides is 1. The smallest absolute Gasteiger partial charge is 0.268 e. The molecule has 2 rings (SSSR count). The Morgan fingerprint density at radius 2 is 1.94 bits per heavy atom. The monoisotopic (exact) mass is 262 g/mol. The van der Waals surface area contributed by atoms with Crippen molar-refractivity contribution in [1.82, 2.24) is 10.2 Å². The lowest BCUT2D eigenvalue weighted by atomic mass is 10.0. The maximum atomic E-state index is 11.4. The van der Waals surface area contributed by atoms with Crippen LogP contribution in [-0.2, 0) is 5.88 Å². The third-order valence-electron chi connectivity index (χ3n) is 2.90. The topological polar surface area (TPSA) is 45.8 Å². The van der Waals surface area contributed by atoms with E-state index < -0.39 is 0 Å². The first kappa shape index (κ1) is 12.8. The van der Waals surface area contributed by atoms with Crippen LogP contribution in [0.25, 0.3) is 11.3 Å². The third kappa shape index (κ3) is 2.62. The van der Waals surface area contributed by atoms with Crippen molar-refractivity contribution in [3.8, 4) is 11.3 Å². The summed E-state index contributed by atoms with van der Waals surface area (Å²) >= 11 is 5.71. The van der Waals surface area contributed by atoms with Gasteiger partial charge in [-0.25, -0.2) is 5.10 Å². The summed E-state index contributed by atoms with van der Waals surface area (Å²) in [5, 5.41) is 6.50. The molecular formula is C14H15ClN2O. The van der Waals surface area contributed by atoms with Crippen LogP contribution in [-0.4, -0.2) is 10.2 Å². The second kappa shape index (κ2) is 5.36. The molecule has 0 amide bonds. The summed E-state index contributed by atoms with van der Waals surface area (Å²) in [4.78, 5) is 11.4. The van der Waals surface area contributed by atoms with Crippen LogP contribution >= 0.6 is 11.6 Å². The Morgan fingerprint density at radius 3 is 2.50 bits per heavy atom. The van der Waals surface area contributed by atoms with Gasteiger partial charge in [0.15, 0.2) is 0 Å². The van der Waals surface area contributed by atoms with Crippen LogP contribution < -0.4 is 5.56 Å². The second-order valence-corrected chi connectivity index (χ2v) is 4.79. The van der Waals surface area contributed by atoms with E-state index in [2.05, 4.69) is 36.2 Å². The molecule has 3 nitrogen and oxygen atoms in total. The second-order valence-electron chi connectivity index (χ2n) is 4.52. The van der Waals surface area contributed by atoms with Crippen LogP contribution in [0.3, 0.4) is 0 Å². The van der Waals surface area contributed by atoms with E-state index in [9.17, 15) is 4.79 Å². The maximum absolute atomic E-state index is 11.4. The predicted molar refractivity (Wildman–Crippen MR) is 73.9 cm³/mol. The summed E-state index contributed by atoms with van der Waals surface area (Å²) in [6.45, 7) is 4.30. The number of halogens is 1. The van der Waals surface area contributed by atoms with Crippen molar-refractivity contribution in [2.24, 2.45) is 0 Å². The largest absolute Gasteiger partial charge is 0.268 e. The lowest BCUT2D eigenvalue weighted by molar-refractivity contribution is 0.866. The van der Waals surface area contributed by atoms with Gasteiger partial charge < -0.3 is 0 Å². The van der Waals surface area contributed by atoms with E-state index in [-0.39, 0.29) is 11.4 Å². The van der Waals surface area contributed by atoms with Gasteiger partial charge in [0, 0.05) is 11.1 Å². The molecule has 0 radical (unpaired) electrons. The van der Waals surface area contributed by atoms with E-state index in [1.54, 1.807) is 6.07 Å². The third-order valence-corrected chi connectivity index (χ3v) is 3.19. The van der Waals surface area contributed by atoms with Gasteiger partial charge in [-0.3, -0.25) is 4.79 Å². The summed E-state index contributed by atoms with van der Waals surface area (Å²) < 4.78 is 0. The maximum Gasteiger partial charge on any atom is 0.268 e. The summed E-state index contributed by atoms with van der Waals surface area (Å²) in [7, 11) is 0. The van der Waals surface area contributed by atoms with Crippen LogP contribution in [0, 0.1) is 0 Å². The minimum atomic E-state index is -0.229. The molecule has 0 saturated carbocycles. The van der Waals surface area contributed by atoms with Crippen molar-refractivity contribution in [3.63, 3.8) is 0 Å². The van der Waals surface area contributed by atoms with Gasteiger partial charge in [-0.2, -0.15) is 5.10 Å². The summed E-state index contributed by atoms with van der Waals surface area (Å²) in [5.41, 5.74) is 3.30. The highest BCUT2D eigenvalue weighted by Crippen LogP contribution is 2.20. The summed E-state index contributed by atoms with van der Waals surface area (Å²) in [5.74, 6) is 0.690. The number of aromatic nitrogens is 2. The minimum Gasteiger partial charge on any atom is -0.268 e. The van der Waals surface area contributed by atoms with E-state index in [1.165, 1.54) is 5.56 Å². The molecule has 4 heteroatoms. The Balaban J connectivity index is 2.39. The fourth-order valence-electron chi connectivity index (χ4n) is 1.73. The van der Waals surface area contributed by atoms with Crippen molar-refractivity contribution < 1.29 is 0 Å². The predicted octanol–water partition coefficient (Wildman–Crippen LogP) is 3.30. The Hall–Kier alpha value is -1.61. The molecule has 0 spiro atoms. The van der Waals surface area contributed by atoms with Crippen molar-refractivity contribution >= 4 is 11.6 Å². The quantitative estimate of drug-likeness (QED) is 0.863. The van der Waals surface area contributed by atoms with Crippen LogP contribution in [0.15, 0.2) is 35.1 Å². The average molecular weight is 263 g/mol. The van der Waals surface area contributed by atoms with Crippen LogP contribution in [0.2, 0.25) is 0 Å². The number of aromatic amines is 1. The molecule has 0 aliphatic rings. The number of H-pyrrole nitrogens is 1. The molecule has 0 atom stereocenters. The fraction of sp³-hybridized carbons (Fsp3) is 0.286. The van der Waals surface area contributed by atoms with Crippen molar-refractivity contribution in [2.75, 3.05) is 0 Å². The normalized spacial score (nSPS) is 10.9. The molecule has 0 unspecified atom stereocenters. The fourth-order valence-corrected chi connectivity index (χ4v) is 1.93. The standard InChI is InChI=1S/C14H15ClN2O/c1-9(2)10-3-5-11(6-4-10)13-7-12(8-15)14(18)17-16-13/h3-7,9H,8H2,1-2H3,(H,17,18). The van der Waals surface area contributed by atoms with Gasteiger partial charge in [0.1, 0.15) is 0 Å². The molecule has 0 aliphatic heterocycles. The zero-order chi connectivity index (χ0) is 13.1. The van der Waals surface area contributed by atoms with Gasteiger partial charge in [0.05, 0.1) is 11.6 Å². The molecule has 0 bridgehead atoms. The highest BCUT2D eigenvalue weighted by atomic mass is 35.5. The average Bonchev–Trinajstić information content (AvgIpc) is 2.39. The highest BCUT2D eigenvalue weighted by Gasteiger charge is 2.05. The Kier molecular flexibility index (Phi) is 3.82. The van der Waals surface area contributed by atoms with Gasteiger partial charge in [0.2, 0.25) is 0 Å². The molecular weight excluding hydrogens is 248 g/mol. The Morgan fingerprint density at radius 1 is 1.28 bits per heavy atom. The molecule has 1 aromatic carbocycles. The first-order valence-corrected chi connectivity index (χ1v) is 6.40. The molecule has 0 aliphatic carbocycles. The van der Waals surface area contributed by atoms with Crippen LogP contribution in [0.4, 0.5) is 0 Å². The number of benzene rings is 1. The Labute approximate surface area is 111 Å². The van der Waals surface area contributed by atoms with Gasteiger partial charge in [-0.05, 0) is 17.5 Å². The molecule has 1 aromatic heterocycles.